The Morgan fingerprint density at radius 3 is 2.06 bits per heavy atom. The topological polar surface area (TPSA) is 88.0 Å². The molecule has 0 saturated carbocycles. The monoisotopic (exact) mass is 507 g/mol. The quantitative estimate of drug-likeness (QED) is 0.160. The van der Waals surface area contributed by atoms with E-state index in [0.717, 1.165) is 50.2 Å². The Morgan fingerprint density at radius 1 is 0.861 bits per heavy atom. The van der Waals surface area contributed by atoms with Crippen molar-refractivity contribution in [3.05, 3.63) is 23.8 Å². The molecule has 36 heavy (non-hydrogen) atoms. The lowest BCUT2D eigenvalue weighted by atomic mass is 9.80. The van der Waals surface area contributed by atoms with Crippen LogP contribution in [0.15, 0.2) is 18.2 Å². The van der Waals surface area contributed by atoms with Gasteiger partial charge in [-0.15, -0.1) is 0 Å². The smallest absolute Gasteiger partial charge is 0.220 e. The van der Waals surface area contributed by atoms with Gasteiger partial charge in [0, 0.05) is 12.5 Å². The van der Waals surface area contributed by atoms with Crippen LogP contribution in [0.5, 0.6) is 11.5 Å². The number of nitrogens with one attached hydrogen (secondary N) is 1. The van der Waals surface area contributed by atoms with E-state index in [1.165, 1.54) is 56.9 Å². The molecule has 1 aromatic carbocycles. The third-order valence-electron chi connectivity index (χ3n) is 6.93. The van der Waals surface area contributed by atoms with Gasteiger partial charge in [-0.3, -0.25) is 4.79 Å². The Hall–Kier alpha value is -1.79. The molecule has 0 atom stereocenters. The average molecular weight is 508 g/mol. The van der Waals surface area contributed by atoms with Crippen molar-refractivity contribution in [2.45, 2.75) is 122 Å². The van der Waals surface area contributed by atoms with Crippen molar-refractivity contribution in [1.82, 2.24) is 5.32 Å². The fraction of sp³-hybridized carbons (Fsp3) is 0.767. The molecule has 0 fully saturated rings. The third kappa shape index (κ3) is 14.1. The number of benzene rings is 1. The van der Waals surface area contributed by atoms with E-state index in [2.05, 4.69) is 38.2 Å². The maximum Gasteiger partial charge on any atom is 0.220 e. The molecule has 0 bridgehead atoms. The summed E-state index contributed by atoms with van der Waals surface area (Å²) >= 11 is 0. The summed E-state index contributed by atoms with van der Waals surface area (Å²) < 4.78 is 11.7. The largest absolute Gasteiger partial charge is 0.497 e. The molecule has 0 saturated heterocycles. The predicted octanol–water partition coefficient (Wildman–Crippen LogP) is 6.30. The highest BCUT2D eigenvalue weighted by Gasteiger charge is 2.22. The van der Waals surface area contributed by atoms with E-state index in [1.807, 2.05) is 6.07 Å². The summed E-state index contributed by atoms with van der Waals surface area (Å²) in [6.45, 7) is 7.14. The number of amides is 1. The zero-order valence-corrected chi connectivity index (χ0v) is 23.4. The fourth-order valence-electron chi connectivity index (χ4n) is 4.39. The summed E-state index contributed by atoms with van der Waals surface area (Å²) in [5.41, 5.74) is 1.39. The van der Waals surface area contributed by atoms with Crippen LogP contribution >= 0.6 is 0 Å². The molecule has 0 aliphatic rings. The SMILES string of the molecule is CCCCCCC(C)(C)c1cc(OC)cc(OCCCCCCCCCCC(=O)NC(CO)CO)c1. The fourth-order valence-corrected chi connectivity index (χ4v) is 4.39. The molecular weight excluding hydrogens is 454 g/mol. The van der Waals surface area contributed by atoms with Gasteiger partial charge in [-0.05, 0) is 42.4 Å². The normalized spacial score (nSPS) is 11.6. The minimum Gasteiger partial charge on any atom is -0.497 e. The standard InChI is InChI=1S/C30H53NO5/c1-5-6-7-15-18-30(2,3)25-20-27(35-4)22-28(21-25)36-19-16-13-11-9-8-10-12-14-17-29(34)31-26(23-32)24-33/h20-22,26,32-33H,5-19,23-24H2,1-4H3,(H,31,34). The van der Waals surface area contributed by atoms with Crippen LogP contribution in [0.25, 0.3) is 0 Å². The Kier molecular flexibility index (Phi) is 17.3. The molecule has 1 amide bonds. The molecular formula is C30H53NO5. The molecule has 6 heteroatoms. The number of hydrogen-bond donors (Lipinski definition) is 3. The molecule has 3 N–H and O–H groups in total. The van der Waals surface area contributed by atoms with Crippen molar-refractivity contribution < 1.29 is 24.5 Å². The van der Waals surface area contributed by atoms with Gasteiger partial charge >= 0.3 is 0 Å². The Morgan fingerprint density at radius 2 is 1.44 bits per heavy atom. The van der Waals surface area contributed by atoms with Crippen LogP contribution in [0.1, 0.15) is 116 Å². The van der Waals surface area contributed by atoms with E-state index < -0.39 is 6.04 Å². The van der Waals surface area contributed by atoms with E-state index in [1.54, 1.807) is 7.11 Å². The van der Waals surface area contributed by atoms with E-state index in [9.17, 15) is 4.79 Å². The Balaban J connectivity index is 2.22. The van der Waals surface area contributed by atoms with E-state index >= 15 is 0 Å². The molecule has 1 aromatic rings. The second kappa shape index (κ2) is 19.3. The summed E-state index contributed by atoms with van der Waals surface area (Å²) in [5, 5.41) is 20.6. The van der Waals surface area contributed by atoms with Gasteiger partial charge in [0.15, 0.2) is 0 Å². The Bertz CT molecular complexity index is 703. The lowest BCUT2D eigenvalue weighted by Crippen LogP contribution is -2.39. The van der Waals surface area contributed by atoms with Gasteiger partial charge in [0.1, 0.15) is 11.5 Å². The summed E-state index contributed by atoms with van der Waals surface area (Å²) in [4.78, 5) is 11.7. The van der Waals surface area contributed by atoms with E-state index in [4.69, 9.17) is 19.7 Å². The zero-order chi connectivity index (χ0) is 26.7. The van der Waals surface area contributed by atoms with Crippen LogP contribution in [0.4, 0.5) is 0 Å². The minimum absolute atomic E-state index is 0.0956. The maximum atomic E-state index is 11.7. The third-order valence-corrected chi connectivity index (χ3v) is 6.93. The zero-order valence-electron chi connectivity index (χ0n) is 23.4. The van der Waals surface area contributed by atoms with E-state index in [-0.39, 0.29) is 24.5 Å². The van der Waals surface area contributed by atoms with Gasteiger partial charge in [-0.25, -0.2) is 0 Å². The van der Waals surface area contributed by atoms with Crippen LogP contribution in [0.2, 0.25) is 0 Å². The molecule has 0 spiro atoms. The van der Waals surface area contributed by atoms with Crippen LogP contribution in [0.3, 0.4) is 0 Å². The number of carbonyl (C=O) groups excluding carboxylic acids is 1. The number of unbranched alkanes of at least 4 members (excludes halogenated alkanes) is 10. The molecule has 0 aliphatic heterocycles. The van der Waals surface area contributed by atoms with Crippen molar-refractivity contribution in [2.75, 3.05) is 26.9 Å². The van der Waals surface area contributed by atoms with Crippen molar-refractivity contribution >= 4 is 5.91 Å². The molecule has 0 radical (unpaired) electrons. The van der Waals surface area contributed by atoms with Crippen LogP contribution in [-0.4, -0.2) is 49.1 Å². The number of aliphatic hydroxyl groups excluding tert-OH is 2. The van der Waals surface area contributed by atoms with Crippen molar-refractivity contribution in [2.24, 2.45) is 0 Å². The van der Waals surface area contributed by atoms with E-state index in [0.29, 0.717) is 6.42 Å². The molecule has 0 heterocycles. The molecule has 208 valence electrons. The molecule has 0 aliphatic carbocycles. The lowest BCUT2D eigenvalue weighted by Gasteiger charge is -2.26. The average Bonchev–Trinajstić information content (AvgIpc) is 2.88. The molecule has 1 rings (SSSR count). The number of rotatable bonds is 22. The van der Waals surface area contributed by atoms with Crippen molar-refractivity contribution in [3.8, 4) is 11.5 Å². The number of methoxy groups -OCH3 is 1. The first-order chi connectivity index (χ1) is 17.4. The summed E-state index contributed by atoms with van der Waals surface area (Å²) in [7, 11) is 1.72. The number of carbonyl (C=O) groups is 1. The highest BCUT2D eigenvalue weighted by molar-refractivity contribution is 5.76. The number of ether oxygens (including phenoxy) is 2. The van der Waals surface area contributed by atoms with Gasteiger partial charge in [-0.1, -0.05) is 85.0 Å². The molecule has 0 aromatic heterocycles. The van der Waals surface area contributed by atoms with Gasteiger partial charge < -0.3 is 25.0 Å². The first-order valence-electron chi connectivity index (χ1n) is 14.2. The first kappa shape index (κ1) is 32.2. The van der Waals surface area contributed by atoms with Crippen molar-refractivity contribution in [1.29, 1.82) is 0 Å². The van der Waals surface area contributed by atoms with Gasteiger partial charge in [0.25, 0.3) is 0 Å². The van der Waals surface area contributed by atoms with Gasteiger partial charge in [0.2, 0.25) is 5.91 Å². The minimum atomic E-state index is -0.542. The molecule has 0 unspecified atom stereocenters. The molecule has 6 nitrogen and oxygen atoms in total. The van der Waals surface area contributed by atoms with Crippen LogP contribution in [0, 0.1) is 0 Å². The first-order valence-corrected chi connectivity index (χ1v) is 14.2. The second-order valence-electron chi connectivity index (χ2n) is 10.6. The predicted molar refractivity (Wildman–Crippen MR) is 148 cm³/mol. The summed E-state index contributed by atoms with van der Waals surface area (Å²) in [6, 6.07) is 5.79. The highest BCUT2D eigenvalue weighted by Crippen LogP contribution is 2.35. The van der Waals surface area contributed by atoms with Crippen LogP contribution < -0.4 is 14.8 Å². The summed E-state index contributed by atoms with van der Waals surface area (Å²) in [6.07, 6.45) is 15.5. The van der Waals surface area contributed by atoms with Gasteiger partial charge in [-0.2, -0.15) is 0 Å². The number of hydrogen-bond acceptors (Lipinski definition) is 5. The number of aliphatic hydroxyl groups is 2. The van der Waals surface area contributed by atoms with Crippen LogP contribution in [-0.2, 0) is 10.2 Å². The van der Waals surface area contributed by atoms with Gasteiger partial charge in [0.05, 0.1) is 33.0 Å². The maximum absolute atomic E-state index is 11.7. The summed E-state index contributed by atoms with van der Waals surface area (Å²) in [5.74, 6) is 1.67. The Labute approximate surface area is 220 Å². The second-order valence-corrected chi connectivity index (χ2v) is 10.6. The lowest BCUT2D eigenvalue weighted by molar-refractivity contribution is -0.122. The highest BCUT2D eigenvalue weighted by atomic mass is 16.5. The van der Waals surface area contributed by atoms with Crippen molar-refractivity contribution in [3.63, 3.8) is 0 Å².